The second kappa shape index (κ2) is 8.03. The topological polar surface area (TPSA) is 91.8 Å². The highest BCUT2D eigenvalue weighted by Crippen LogP contribution is 2.29. The smallest absolute Gasteiger partial charge is 0.252 e. The van der Waals surface area contributed by atoms with E-state index < -0.39 is 31.0 Å². The number of piperazine rings is 1. The Bertz CT molecular complexity index is 826. The zero-order valence-corrected chi connectivity index (χ0v) is 18.0. The van der Waals surface area contributed by atoms with Crippen molar-refractivity contribution in [2.45, 2.75) is 29.7 Å². The van der Waals surface area contributed by atoms with Gasteiger partial charge in [-0.15, -0.1) is 11.3 Å². The molecule has 11 heteroatoms. The van der Waals surface area contributed by atoms with Gasteiger partial charge in [0, 0.05) is 26.2 Å². The molecule has 1 aromatic rings. The van der Waals surface area contributed by atoms with Gasteiger partial charge in [0.25, 0.3) is 10.0 Å². The molecular formula is C14H21BrN2O5S3. The first-order valence-electron chi connectivity index (χ1n) is 7.85. The number of thiophene rings is 1. The number of hydrogen-bond donors (Lipinski definition) is 0. The molecule has 0 aromatic carbocycles. The molecule has 0 N–H and O–H groups in total. The van der Waals surface area contributed by atoms with Gasteiger partial charge in [0.05, 0.1) is 9.54 Å². The first kappa shape index (κ1) is 20.8. The highest BCUT2D eigenvalue weighted by atomic mass is 79.9. The molecule has 0 aliphatic carbocycles. The number of hydrogen-bond acceptors (Lipinski definition) is 6. The number of carbonyl (C=O) groups excluding carboxylic acids is 1. The van der Waals surface area contributed by atoms with Crippen LogP contribution in [0.2, 0.25) is 0 Å². The van der Waals surface area contributed by atoms with Crippen LogP contribution in [-0.2, 0) is 24.7 Å². The first-order valence-corrected chi connectivity index (χ1v) is 12.6. The van der Waals surface area contributed by atoms with Gasteiger partial charge in [0.1, 0.15) is 9.46 Å². The Morgan fingerprint density at radius 2 is 1.80 bits per heavy atom. The number of sulfone groups is 1. The molecule has 1 amide bonds. The zero-order valence-electron chi connectivity index (χ0n) is 14.0. The van der Waals surface area contributed by atoms with Gasteiger partial charge in [0.2, 0.25) is 5.91 Å². The Morgan fingerprint density at radius 3 is 2.28 bits per heavy atom. The number of nitrogens with zero attached hydrogens (tertiary/aromatic N) is 2. The van der Waals surface area contributed by atoms with Gasteiger partial charge in [-0.05, 0) is 41.4 Å². The van der Waals surface area contributed by atoms with E-state index in [4.69, 9.17) is 0 Å². The van der Waals surface area contributed by atoms with Crippen LogP contribution in [-0.4, -0.2) is 69.1 Å². The minimum Gasteiger partial charge on any atom is -0.339 e. The van der Waals surface area contributed by atoms with E-state index in [0.29, 0.717) is 6.42 Å². The van der Waals surface area contributed by atoms with E-state index in [1.807, 2.05) is 0 Å². The van der Waals surface area contributed by atoms with Crippen molar-refractivity contribution in [2.24, 2.45) is 0 Å². The maximum absolute atomic E-state index is 12.6. The van der Waals surface area contributed by atoms with Crippen LogP contribution in [0, 0.1) is 0 Å². The molecule has 1 aliphatic rings. The van der Waals surface area contributed by atoms with E-state index in [1.54, 1.807) is 19.1 Å². The largest absolute Gasteiger partial charge is 0.339 e. The molecule has 1 aromatic heterocycles. The van der Waals surface area contributed by atoms with E-state index in [2.05, 4.69) is 15.9 Å². The molecule has 0 bridgehead atoms. The lowest BCUT2D eigenvalue weighted by molar-refractivity contribution is -0.131. The standard InChI is InChI=1S/C14H21BrN2O5S3/c1-3-10-24(19,20)11(2)14(18)16-6-8-17(9-7-16)25(21,22)13-5-4-12(15)23-13/h4-5,11H,3,6-10H2,1-2H3. The third-order valence-corrected chi connectivity index (χ3v) is 10.3. The molecule has 1 saturated heterocycles. The van der Waals surface area contributed by atoms with E-state index in [-0.39, 0.29) is 36.1 Å². The molecule has 0 radical (unpaired) electrons. The van der Waals surface area contributed by atoms with Crippen LogP contribution < -0.4 is 0 Å². The Labute approximate surface area is 161 Å². The summed E-state index contributed by atoms with van der Waals surface area (Å²) in [6, 6.07) is 3.22. The Morgan fingerprint density at radius 1 is 1.20 bits per heavy atom. The van der Waals surface area contributed by atoms with Crippen LogP contribution in [0.5, 0.6) is 0 Å². The number of amides is 1. The minimum absolute atomic E-state index is 0.0263. The molecule has 2 rings (SSSR count). The number of sulfonamides is 1. The summed E-state index contributed by atoms with van der Waals surface area (Å²) >= 11 is 4.39. The van der Waals surface area contributed by atoms with Gasteiger partial charge in [-0.25, -0.2) is 16.8 Å². The van der Waals surface area contributed by atoms with Crippen molar-refractivity contribution in [2.75, 3.05) is 31.9 Å². The molecular weight excluding hydrogens is 452 g/mol. The summed E-state index contributed by atoms with van der Waals surface area (Å²) in [5, 5.41) is -1.09. The second-order valence-corrected chi connectivity index (χ2v) is 12.9. The monoisotopic (exact) mass is 472 g/mol. The van der Waals surface area contributed by atoms with Crippen LogP contribution in [0.25, 0.3) is 0 Å². The third-order valence-electron chi connectivity index (χ3n) is 4.07. The van der Waals surface area contributed by atoms with Crippen molar-refractivity contribution in [3.63, 3.8) is 0 Å². The van der Waals surface area contributed by atoms with Gasteiger partial charge < -0.3 is 4.90 Å². The van der Waals surface area contributed by atoms with Crippen LogP contribution >= 0.6 is 27.3 Å². The van der Waals surface area contributed by atoms with Crippen LogP contribution in [0.4, 0.5) is 0 Å². The number of rotatable bonds is 6. The van der Waals surface area contributed by atoms with Gasteiger partial charge in [-0.3, -0.25) is 4.79 Å². The summed E-state index contributed by atoms with van der Waals surface area (Å²) in [6.45, 7) is 3.85. The summed E-state index contributed by atoms with van der Waals surface area (Å²) in [4.78, 5) is 13.9. The molecule has 1 unspecified atom stereocenters. The van der Waals surface area contributed by atoms with Gasteiger partial charge in [0.15, 0.2) is 9.84 Å². The predicted octanol–water partition coefficient (Wildman–Crippen LogP) is 1.56. The highest BCUT2D eigenvalue weighted by Gasteiger charge is 2.35. The summed E-state index contributed by atoms with van der Waals surface area (Å²) in [5.74, 6) is -0.481. The molecule has 1 fully saturated rings. The van der Waals surface area contributed by atoms with Crippen LogP contribution in [0.1, 0.15) is 20.3 Å². The molecule has 7 nitrogen and oxygen atoms in total. The van der Waals surface area contributed by atoms with E-state index in [0.717, 1.165) is 15.1 Å². The molecule has 2 heterocycles. The molecule has 0 saturated carbocycles. The fraction of sp³-hybridized carbons (Fsp3) is 0.643. The fourth-order valence-electron chi connectivity index (χ4n) is 2.58. The molecule has 1 atom stereocenters. The minimum atomic E-state index is -3.58. The molecule has 0 spiro atoms. The number of halogens is 1. The summed E-state index contributed by atoms with van der Waals surface area (Å²) in [5.41, 5.74) is 0. The Kier molecular flexibility index (Phi) is 6.69. The van der Waals surface area contributed by atoms with Crippen molar-refractivity contribution < 1.29 is 21.6 Å². The molecule has 1 aliphatic heterocycles. The normalized spacial score (nSPS) is 18.3. The predicted molar refractivity (Wildman–Crippen MR) is 101 cm³/mol. The Hall–Kier alpha value is -0.490. The SMILES string of the molecule is CCCS(=O)(=O)C(C)C(=O)N1CCN(S(=O)(=O)c2ccc(Br)s2)CC1. The van der Waals surface area contributed by atoms with Crippen molar-refractivity contribution >= 4 is 53.0 Å². The second-order valence-electron chi connectivity index (χ2n) is 5.80. The van der Waals surface area contributed by atoms with Gasteiger partial charge >= 0.3 is 0 Å². The maximum atomic E-state index is 12.6. The van der Waals surface area contributed by atoms with Crippen molar-refractivity contribution in [3.05, 3.63) is 15.9 Å². The Balaban J connectivity index is 2.03. The first-order chi connectivity index (χ1) is 11.6. The van der Waals surface area contributed by atoms with Gasteiger partial charge in [-0.2, -0.15) is 4.31 Å². The van der Waals surface area contributed by atoms with Crippen molar-refractivity contribution in [1.82, 2.24) is 9.21 Å². The third kappa shape index (κ3) is 4.62. The lowest BCUT2D eigenvalue weighted by atomic mass is 10.3. The van der Waals surface area contributed by atoms with E-state index in [1.165, 1.54) is 16.1 Å². The maximum Gasteiger partial charge on any atom is 0.252 e. The van der Waals surface area contributed by atoms with Crippen LogP contribution in [0.3, 0.4) is 0 Å². The lowest BCUT2D eigenvalue weighted by Crippen LogP contribution is -2.53. The average Bonchev–Trinajstić information content (AvgIpc) is 3.01. The van der Waals surface area contributed by atoms with Crippen molar-refractivity contribution in [1.29, 1.82) is 0 Å². The zero-order chi connectivity index (χ0) is 18.8. The molecule has 25 heavy (non-hydrogen) atoms. The van der Waals surface area contributed by atoms with Crippen molar-refractivity contribution in [3.8, 4) is 0 Å². The highest BCUT2D eigenvalue weighted by molar-refractivity contribution is 9.11. The summed E-state index contributed by atoms with van der Waals surface area (Å²) in [6.07, 6.45) is 0.461. The summed E-state index contributed by atoms with van der Waals surface area (Å²) < 4.78 is 51.6. The average molecular weight is 473 g/mol. The lowest BCUT2D eigenvalue weighted by Gasteiger charge is -2.34. The summed E-state index contributed by atoms with van der Waals surface area (Å²) in [7, 11) is -7.05. The quantitative estimate of drug-likeness (QED) is 0.626. The van der Waals surface area contributed by atoms with Crippen LogP contribution in [0.15, 0.2) is 20.1 Å². The number of carbonyl (C=O) groups is 1. The molecule has 142 valence electrons. The van der Waals surface area contributed by atoms with E-state index in [9.17, 15) is 21.6 Å². The van der Waals surface area contributed by atoms with E-state index >= 15 is 0 Å². The fourth-order valence-corrected chi connectivity index (χ4v) is 7.55. The van der Waals surface area contributed by atoms with Gasteiger partial charge in [-0.1, -0.05) is 6.92 Å².